The molecule has 0 amide bonds. The highest BCUT2D eigenvalue weighted by molar-refractivity contribution is 5.20. The molecule has 2 N–H and O–H groups in total. The van der Waals surface area contributed by atoms with Crippen molar-refractivity contribution < 1.29 is 9.47 Å². The van der Waals surface area contributed by atoms with E-state index in [4.69, 9.17) is 15.2 Å². The zero-order valence-corrected chi connectivity index (χ0v) is 11.9. The molecule has 0 saturated heterocycles. The fraction of sp³-hybridized carbons (Fsp3) is 0.750. The lowest BCUT2D eigenvalue weighted by atomic mass is 10.0. The Balaban J connectivity index is 1.75. The molecule has 0 aliphatic heterocycles. The first kappa shape index (κ1) is 14.4. The number of allylic oxidation sites excluding steroid dienone is 3. The molecule has 0 aromatic rings. The lowest BCUT2D eigenvalue weighted by Crippen LogP contribution is -2.11. The topological polar surface area (TPSA) is 44.5 Å². The molecular formula is C16H27NO2. The van der Waals surface area contributed by atoms with E-state index in [1.54, 1.807) is 0 Å². The summed E-state index contributed by atoms with van der Waals surface area (Å²) in [7, 11) is 0. The summed E-state index contributed by atoms with van der Waals surface area (Å²) in [4.78, 5) is 0. The van der Waals surface area contributed by atoms with Crippen LogP contribution in [-0.2, 0) is 9.47 Å². The van der Waals surface area contributed by atoms with E-state index in [2.05, 4.69) is 6.08 Å². The first-order chi connectivity index (χ1) is 9.38. The number of hydrogen-bond acceptors (Lipinski definition) is 3. The molecule has 2 rings (SSSR count). The van der Waals surface area contributed by atoms with Crippen molar-refractivity contribution >= 4 is 0 Å². The molecule has 108 valence electrons. The molecule has 0 radical (unpaired) electrons. The minimum atomic E-state index is 0.569. The third-order valence-corrected chi connectivity index (χ3v) is 3.91. The molecule has 0 heterocycles. The van der Waals surface area contributed by atoms with Gasteiger partial charge < -0.3 is 15.2 Å². The van der Waals surface area contributed by atoms with Crippen LogP contribution in [0.1, 0.15) is 51.4 Å². The van der Waals surface area contributed by atoms with Crippen LogP contribution in [0.25, 0.3) is 0 Å². The van der Waals surface area contributed by atoms with Crippen LogP contribution >= 0.6 is 0 Å². The van der Waals surface area contributed by atoms with E-state index in [0.29, 0.717) is 13.2 Å². The van der Waals surface area contributed by atoms with Gasteiger partial charge in [0.25, 0.3) is 0 Å². The number of rotatable bonds is 6. The third kappa shape index (κ3) is 5.27. The van der Waals surface area contributed by atoms with E-state index in [1.165, 1.54) is 38.5 Å². The lowest BCUT2D eigenvalue weighted by Gasteiger charge is -2.19. The predicted octanol–water partition coefficient (Wildman–Crippen LogP) is 3.51. The van der Waals surface area contributed by atoms with Crippen molar-refractivity contribution in [1.82, 2.24) is 0 Å². The van der Waals surface area contributed by atoms with Gasteiger partial charge in [0.2, 0.25) is 0 Å². The zero-order chi connectivity index (χ0) is 13.3. The first-order valence-corrected chi connectivity index (χ1v) is 7.75. The van der Waals surface area contributed by atoms with E-state index in [9.17, 15) is 0 Å². The molecular weight excluding hydrogens is 238 g/mol. The molecule has 0 unspecified atom stereocenters. The molecule has 1 saturated carbocycles. The predicted molar refractivity (Wildman–Crippen MR) is 77.6 cm³/mol. The van der Waals surface area contributed by atoms with Crippen molar-refractivity contribution in [2.24, 2.45) is 11.7 Å². The van der Waals surface area contributed by atoms with Crippen LogP contribution in [0.4, 0.5) is 0 Å². The SMILES string of the molecule is NCCOC1=CC(OCC2CCCCCC2)=CCC1. The highest BCUT2D eigenvalue weighted by atomic mass is 16.5. The van der Waals surface area contributed by atoms with Crippen LogP contribution in [0, 0.1) is 5.92 Å². The minimum Gasteiger partial charge on any atom is -0.496 e. The number of ether oxygens (including phenoxy) is 2. The molecule has 3 nitrogen and oxygen atoms in total. The smallest absolute Gasteiger partial charge is 0.118 e. The summed E-state index contributed by atoms with van der Waals surface area (Å²) in [5.41, 5.74) is 5.45. The summed E-state index contributed by atoms with van der Waals surface area (Å²) < 4.78 is 11.6. The molecule has 0 atom stereocenters. The van der Waals surface area contributed by atoms with Gasteiger partial charge >= 0.3 is 0 Å². The van der Waals surface area contributed by atoms with Gasteiger partial charge in [-0.1, -0.05) is 25.7 Å². The summed E-state index contributed by atoms with van der Waals surface area (Å²) in [5.74, 6) is 2.75. The Hall–Kier alpha value is -0.960. The number of nitrogens with two attached hydrogens (primary N) is 1. The lowest BCUT2D eigenvalue weighted by molar-refractivity contribution is 0.156. The Bertz CT molecular complexity index is 315. The quantitative estimate of drug-likeness (QED) is 0.747. The maximum Gasteiger partial charge on any atom is 0.118 e. The van der Waals surface area contributed by atoms with Crippen molar-refractivity contribution in [1.29, 1.82) is 0 Å². The van der Waals surface area contributed by atoms with Crippen molar-refractivity contribution in [3.8, 4) is 0 Å². The summed E-state index contributed by atoms with van der Waals surface area (Å²) in [5, 5.41) is 0. The van der Waals surface area contributed by atoms with E-state index < -0.39 is 0 Å². The Morgan fingerprint density at radius 2 is 1.89 bits per heavy atom. The Labute approximate surface area is 116 Å². The van der Waals surface area contributed by atoms with Crippen molar-refractivity contribution in [3.63, 3.8) is 0 Å². The summed E-state index contributed by atoms with van der Waals surface area (Å²) in [6, 6.07) is 0. The van der Waals surface area contributed by atoms with Gasteiger partial charge in [-0.05, 0) is 31.3 Å². The molecule has 0 spiro atoms. The maximum absolute atomic E-state index is 5.96. The van der Waals surface area contributed by atoms with Crippen LogP contribution in [0.15, 0.2) is 23.7 Å². The van der Waals surface area contributed by atoms with Crippen LogP contribution in [0.5, 0.6) is 0 Å². The standard InChI is InChI=1S/C16H27NO2/c17-10-11-18-15-8-5-9-16(12-15)19-13-14-6-3-1-2-4-7-14/h9,12,14H,1-8,10-11,13,17H2. The summed E-state index contributed by atoms with van der Waals surface area (Å²) in [6.45, 7) is 2.04. The zero-order valence-electron chi connectivity index (χ0n) is 11.9. The Morgan fingerprint density at radius 1 is 1.11 bits per heavy atom. The van der Waals surface area contributed by atoms with Gasteiger partial charge in [-0.2, -0.15) is 0 Å². The molecule has 19 heavy (non-hydrogen) atoms. The second-order valence-electron chi connectivity index (χ2n) is 5.56. The van der Waals surface area contributed by atoms with Crippen LogP contribution in [-0.4, -0.2) is 19.8 Å². The van der Waals surface area contributed by atoms with E-state index in [-0.39, 0.29) is 0 Å². The fourth-order valence-electron chi connectivity index (χ4n) is 2.80. The first-order valence-electron chi connectivity index (χ1n) is 7.75. The second-order valence-corrected chi connectivity index (χ2v) is 5.56. The highest BCUT2D eigenvalue weighted by Gasteiger charge is 2.14. The van der Waals surface area contributed by atoms with Gasteiger partial charge in [0, 0.05) is 19.0 Å². The molecule has 0 aromatic carbocycles. The van der Waals surface area contributed by atoms with Gasteiger partial charge in [0.1, 0.15) is 5.76 Å². The van der Waals surface area contributed by atoms with E-state index in [0.717, 1.165) is 36.9 Å². The van der Waals surface area contributed by atoms with Gasteiger partial charge in [0.05, 0.1) is 19.0 Å². The monoisotopic (exact) mass is 265 g/mol. The van der Waals surface area contributed by atoms with Crippen LogP contribution in [0.3, 0.4) is 0 Å². The molecule has 0 bridgehead atoms. The van der Waals surface area contributed by atoms with Gasteiger partial charge in [0.15, 0.2) is 0 Å². The van der Waals surface area contributed by atoms with E-state index >= 15 is 0 Å². The van der Waals surface area contributed by atoms with Gasteiger partial charge in [-0.3, -0.25) is 0 Å². The van der Waals surface area contributed by atoms with Crippen molar-refractivity contribution in [2.45, 2.75) is 51.4 Å². The van der Waals surface area contributed by atoms with E-state index in [1.807, 2.05) is 6.08 Å². The third-order valence-electron chi connectivity index (χ3n) is 3.91. The van der Waals surface area contributed by atoms with Crippen molar-refractivity contribution in [3.05, 3.63) is 23.7 Å². The molecule has 1 fully saturated rings. The molecule has 0 aromatic heterocycles. The Kier molecular flexibility index (Phi) is 6.28. The minimum absolute atomic E-state index is 0.569. The van der Waals surface area contributed by atoms with Crippen molar-refractivity contribution in [2.75, 3.05) is 19.8 Å². The average molecular weight is 265 g/mol. The second kappa shape index (κ2) is 8.26. The Morgan fingerprint density at radius 3 is 2.63 bits per heavy atom. The summed E-state index contributed by atoms with van der Waals surface area (Å²) >= 11 is 0. The normalized spacial score (nSPS) is 21.3. The average Bonchev–Trinajstić information content (AvgIpc) is 2.72. The fourth-order valence-corrected chi connectivity index (χ4v) is 2.80. The largest absolute Gasteiger partial charge is 0.496 e. The van der Waals surface area contributed by atoms with Gasteiger partial charge in [-0.25, -0.2) is 0 Å². The maximum atomic E-state index is 5.96. The van der Waals surface area contributed by atoms with Crippen LogP contribution < -0.4 is 5.73 Å². The van der Waals surface area contributed by atoms with Gasteiger partial charge in [-0.15, -0.1) is 0 Å². The molecule has 2 aliphatic rings. The molecule has 2 aliphatic carbocycles. The molecule has 3 heteroatoms. The van der Waals surface area contributed by atoms with Crippen LogP contribution in [0.2, 0.25) is 0 Å². The summed E-state index contributed by atoms with van der Waals surface area (Å²) in [6.07, 6.45) is 14.4. The highest BCUT2D eigenvalue weighted by Crippen LogP contribution is 2.25. The number of hydrogen-bond donors (Lipinski definition) is 1.